The molecule has 26 heavy (non-hydrogen) atoms. The van der Waals surface area contributed by atoms with Gasteiger partial charge in [0.2, 0.25) is 0 Å². The fraction of sp³-hybridized carbons (Fsp3) is 0.300. The van der Waals surface area contributed by atoms with Crippen LogP contribution in [0.25, 0.3) is 20.5 Å². The summed E-state index contributed by atoms with van der Waals surface area (Å²) in [5.74, 6) is 0.382. The average Bonchev–Trinajstić information content (AvgIpc) is 3.10. The Bertz CT molecular complexity index is 938. The number of carbonyl (C=O) groups excluding carboxylic acids is 1. The minimum Gasteiger partial charge on any atom is -0.366 e. The van der Waals surface area contributed by atoms with E-state index in [9.17, 15) is 4.79 Å². The van der Waals surface area contributed by atoms with Gasteiger partial charge in [-0.15, -0.1) is 11.3 Å². The lowest BCUT2D eigenvalue weighted by Gasteiger charge is -2.31. The number of nitrogens with one attached hydrogen (secondary N) is 2. The van der Waals surface area contributed by atoms with Crippen molar-refractivity contribution >= 4 is 33.1 Å². The maximum atomic E-state index is 11.9. The van der Waals surface area contributed by atoms with E-state index in [0.717, 1.165) is 45.7 Å². The summed E-state index contributed by atoms with van der Waals surface area (Å²) >= 11 is 1.59. The van der Waals surface area contributed by atoms with Crippen LogP contribution in [0.2, 0.25) is 0 Å². The molecule has 1 aliphatic heterocycles. The molecule has 2 atom stereocenters. The van der Waals surface area contributed by atoms with Crippen LogP contribution in [0.1, 0.15) is 30.1 Å². The van der Waals surface area contributed by atoms with Crippen LogP contribution in [0.5, 0.6) is 0 Å². The number of fused-ring (bicyclic) bond motifs is 1. The largest absolute Gasteiger partial charge is 0.366 e. The van der Waals surface area contributed by atoms with Gasteiger partial charge < -0.3 is 16.4 Å². The first-order valence-electron chi connectivity index (χ1n) is 8.91. The van der Waals surface area contributed by atoms with E-state index in [-0.39, 0.29) is 0 Å². The smallest absolute Gasteiger partial charge is 0.251 e. The molecule has 5 nitrogen and oxygen atoms in total. The van der Waals surface area contributed by atoms with Crippen molar-refractivity contribution in [3.05, 3.63) is 48.2 Å². The predicted octanol–water partition coefficient (Wildman–Crippen LogP) is 3.61. The minimum atomic E-state index is -0.441. The normalized spacial score (nSPS) is 20.2. The topological polar surface area (TPSA) is 80.0 Å². The van der Waals surface area contributed by atoms with Gasteiger partial charge in [0.05, 0.1) is 10.3 Å². The Balaban J connectivity index is 1.79. The standard InChI is InChI=1S/C20H22N4OS/c1-12-16(8-5-9-22-12)24-20-14-10-17(13-6-3-2-4-7-13)26-18(14)15(11-23-20)19(21)25/h2-4,6-7,10-12,16,22H,5,8-9H2,1H3,(H2,21,25)(H,23,24)/t12-,16-/m1/s1. The number of aromatic nitrogens is 1. The molecule has 6 heteroatoms. The Morgan fingerprint density at radius 1 is 1.35 bits per heavy atom. The minimum absolute atomic E-state index is 0.318. The number of benzene rings is 1. The van der Waals surface area contributed by atoms with Crippen molar-refractivity contribution in [3.63, 3.8) is 0 Å². The molecule has 1 fully saturated rings. The van der Waals surface area contributed by atoms with Crippen LogP contribution in [0.3, 0.4) is 0 Å². The van der Waals surface area contributed by atoms with Crippen LogP contribution >= 0.6 is 11.3 Å². The van der Waals surface area contributed by atoms with E-state index in [1.165, 1.54) is 0 Å². The van der Waals surface area contributed by atoms with Crippen molar-refractivity contribution in [2.45, 2.75) is 31.8 Å². The molecular formula is C20H22N4OS. The quantitative estimate of drug-likeness (QED) is 0.659. The van der Waals surface area contributed by atoms with Crippen molar-refractivity contribution in [1.82, 2.24) is 10.3 Å². The van der Waals surface area contributed by atoms with Crippen molar-refractivity contribution < 1.29 is 4.79 Å². The second-order valence-electron chi connectivity index (χ2n) is 6.74. The molecule has 1 aromatic carbocycles. The number of rotatable bonds is 4. The summed E-state index contributed by atoms with van der Waals surface area (Å²) in [7, 11) is 0. The maximum absolute atomic E-state index is 11.9. The zero-order valence-corrected chi connectivity index (χ0v) is 15.5. The number of anilines is 1. The van der Waals surface area contributed by atoms with Crippen LogP contribution in [-0.4, -0.2) is 29.5 Å². The van der Waals surface area contributed by atoms with E-state index >= 15 is 0 Å². The molecule has 1 aliphatic rings. The van der Waals surface area contributed by atoms with Crippen LogP contribution < -0.4 is 16.4 Å². The van der Waals surface area contributed by atoms with Gasteiger partial charge in [0.25, 0.3) is 5.91 Å². The monoisotopic (exact) mass is 366 g/mol. The van der Waals surface area contributed by atoms with Crippen molar-refractivity contribution in [3.8, 4) is 10.4 Å². The molecule has 1 amide bonds. The molecule has 3 heterocycles. The third-order valence-corrected chi connectivity index (χ3v) is 6.18. The predicted molar refractivity (Wildman–Crippen MR) is 108 cm³/mol. The van der Waals surface area contributed by atoms with Gasteiger partial charge in [0, 0.05) is 28.5 Å². The number of piperidine rings is 1. The summed E-state index contributed by atoms with van der Waals surface area (Å²) in [6.07, 6.45) is 3.84. The van der Waals surface area contributed by atoms with E-state index in [1.807, 2.05) is 18.2 Å². The first kappa shape index (κ1) is 17.0. The van der Waals surface area contributed by atoms with E-state index in [2.05, 4.69) is 40.7 Å². The number of primary amides is 1. The first-order valence-corrected chi connectivity index (χ1v) is 9.73. The average molecular weight is 366 g/mol. The fourth-order valence-electron chi connectivity index (χ4n) is 3.48. The molecule has 4 rings (SSSR count). The van der Waals surface area contributed by atoms with Gasteiger partial charge in [-0.05, 0) is 37.9 Å². The van der Waals surface area contributed by atoms with Crippen molar-refractivity contribution in [2.24, 2.45) is 5.73 Å². The van der Waals surface area contributed by atoms with Crippen molar-refractivity contribution in [1.29, 1.82) is 0 Å². The SMILES string of the molecule is C[C@H]1NCCC[C@H]1Nc1ncc(C(N)=O)c2sc(-c3ccccc3)cc12. The molecule has 2 aromatic heterocycles. The van der Waals surface area contributed by atoms with Gasteiger partial charge in [0.1, 0.15) is 5.82 Å². The second-order valence-corrected chi connectivity index (χ2v) is 7.79. The lowest BCUT2D eigenvalue weighted by atomic mass is 9.99. The highest BCUT2D eigenvalue weighted by molar-refractivity contribution is 7.22. The number of amides is 1. The third-order valence-electron chi connectivity index (χ3n) is 4.96. The number of nitrogens with zero attached hydrogens (tertiary/aromatic N) is 1. The highest BCUT2D eigenvalue weighted by Crippen LogP contribution is 2.38. The molecule has 3 aromatic rings. The number of nitrogens with two attached hydrogens (primary N) is 1. The van der Waals surface area contributed by atoms with Crippen LogP contribution in [-0.2, 0) is 0 Å². The lowest BCUT2D eigenvalue weighted by molar-refractivity contribution is 0.100. The van der Waals surface area contributed by atoms with Crippen molar-refractivity contribution in [2.75, 3.05) is 11.9 Å². The van der Waals surface area contributed by atoms with Gasteiger partial charge in [0.15, 0.2) is 0 Å². The van der Waals surface area contributed by atoms with E-state index < -0.39 is 5.91 Å². The fourth-order valence-corrected chi connectivity index (χ4v) is 4.66. The zero-order valence-electron chi connectivity index (χ0n) is 14.7. The molecule has 0 saturated carbocycles. The highest BCUT2D eigenvalue weighted by atomic mass is 32.1. The molecule has 134 valence electrons. The Labute approximate surface area is 156 Å². The maximum Gasteiger partial charge on any atom is 0.251 e. The molecule has 0 aliphatic carbocycles. The summed E-state index contributed by atoms with van der Waals surface area (Å²) in [4.78, 5) is 17.5. The number of pyridine rings is 1. The van der Waals surface area contributed by atoms with Gasteiger partial charge in [-0.3, -0.25) is 4.79 Å². The molecular weight excluding hydrogens is 344 g/mol. The molecule has 0 unspecified atom stereocenters. The van der Waals surface area contributed by atoms with Gasteiger partial charge >= 0.3 is 0 Å². The summed E-state index contributed by atoms with van der Waals surface area (Å²) in [5, 5.41) is 8.05. The van der Waals surface area contributed by atoms with E-state index in [0.29, 0.717) is 17.6 Å². The lowest BCUT2D eigenvalue weighted by Crippen LogP contribution is -2.46. The van der Waals surface area contributed by atoms with Crippen LogP contribution in [0.4, 0.5) is 5.82 Å². The van der Waals surface area contributed by atoms with E-state index in [1.54, 1.807) is 17.5 Å². The van der Waals surface area contributed by atoms with Gasteiger partial charge in [-0.1, -0.05) is 30.3 Å². The Hall–Kier alpha value is -2.44. The van der Waals surface area contributed by atoms with Crippen LogP contribution in [0.15, 0.2) is 42.6 Å². The van der Waals surface area contributed by atoms with Gasteiger partial charge in [-0.25, -0.2) is 4.98 Å². The Morgan fingerprint density at radius 2 is 2.15 bits per heavy atom. The highest BCUT2D eigenvalue weighted by Gasteiger charge is 2.23. The molecule has 0 bridgehead atoms. The molecule has 4 N–H and O–H groups in total. The van der Waals surface area contributed by atoms with Crippen LogP contribution in [0, 0.1) is 0 Å². The molecule has 0 spiro atoms. The Morgan fingerprint density at radius 3 is 2.88 bits per heavy atom. The number of thiophene rings is 1. The van der Waals surface area contributed by atoms with E-state index in [4.69, 9.17) is 5.73 Å². The molecule has 0 radical (unpaired) electrons. The number of hydrogen-bond acceptors (Lipinski definition) is 5. The summed E-state index contributed by atoms with van der Waals surface area (Å²) < 4.78 is 0.894. The summed E-state index contributed by atoms with van der Waals surface area (Å²) in [5.41, 5.74) is 7.19. The Kier molecular flexibility index (Phi) is 4.61. The first-order chi connectivity index (χ1) is 12.6. The van der Waals surface area contributed by atoms with Gasteiger partial charge in [-0.2, -0.15) is 0 Å². The third kappa shape index (κ3) is 3.18. The summed E-state index contributed by atoms with van der Waals surface area (Å²) in [6.45, 7) is 3.24. The summed E-state index contributed by atoms with van der Waals surface area (Å²) in [6, 6.07) is 13.0. The molecule has 1 saturated heterocycles. The second kappa shape index (κ2) is 7.05. The number of carbonyl (C=O) groups is 1. The zero-order chi connectivity index (χ0) is 18.1. The number of hydrogen-bond donors (Lipinski definition) is 3.